The zero-order valence-electron chi connectivity index (χ0n) is 17.5. The van der Waals surface area contributed by atoms with Crippen LogP contribution in [0.3, 0.4) is 0 Å². The summed E-state index contributed by atoms with van der Waals surface area (Å²) in [6, 6.07) is 1.99. The lowest BCUT2D eigenvalue weighted by atomic mass is 9.47. The molecule has 4 heteroatoms. The highest BCUT2D eigenvalue weighted by Gasteiger charge is 2.57. The molecule has 2 aromatic rings. The Labute approximate surface area is 172 Å². The number of imidazole rings is 1. The first-order chi connectivity index (χ1) is 14.0. The minimum Gasteiger partial charge on any atom is -0.393 e. The Morgan fingerprint density at radius 2 is 1.93 bits per heavy atom. The molecule has 152 valence electrons. The standard InChI is InChI=1S/C25H31N3O/c1-24-10-7-17(29)13-16(24)3-4-18-19-5-6-21(25(19,2)11-8-20(18)24)22-14-27-23-9-12-26-15-28(22)23/h3,6,9,12,14-15,17-20,29H,4-5,7-8,10-11,13H2,1-2H3. The van der Waals surface area contributed by atoms with E-state index in [-0.39, 0.29) is 11.5 Å². The van der Waals surface area contributed by atoms with Crippen LogP contribution in [0.25, 0.3) is 11.2 Å². The van der Waals surface area contributed by atoms with Crippen LogP contribution in [0, 0.1) is 28.6 Å². The number of allylic oxidation sites excluding steroid dienone is 3. The average Bonchev–Trinajstić information content (AvgIpc) is 3.29. The summed E-state index contributed by atoms with van der Waals surface area (Å²) in [4.78, 5) is 8.97. The van der Waals surface area contributed by atoms with Gasteiger partial charge in [-0.05, 0) is 85.2 Å². The molecule has 6 atom stereocenters. The Balaban J connectivity index is 1.36. The van der Waals surface area contributed by atoms with Crippen molar-refractivity contribution in [3.05, 3.63) is 48.2 Å². The molecule has 1 N–H and O–H groups in total. The van der Waals surface area contributed by atoms with E-state index in [2.05, 4.69) is 40.4 Å². The fourth-order valence-electron chi connectivity index (χ4n) is 7.64. The van der Waals surface area contributed by atoms with Crippen molar-refractivity contribution in [3.8, 4) is 0 Å². The maximum Gasteiger partial charge on any atom is 0.139 e. The third-order valence-electron chi connectivity index (χ3n) is 9.25. The van der Waals surface area contributed by atoms with Crippen molar-refractivity contribution in [3.63, 3.8) is 0 Å². The molecule has 29 heavy (non-hydrogen) atoms. The smallest absolute Gasteiger partial charge is 0.139 e. The first-order valence-electron chi connectivity index (χ1n) is 11.4. The van der Waals surface area contributed by atoms with E-state index in [1.165, 1.54) is 37.0 Å². The fraction of sp³-hybridized carbons (Fsp3) is 0.600. The Bertz CT molecular complexity index is 1040. The van der Waals surface area contributed by atoms with Gasteiger partial charge in [-0.2, -0.15) is 0 Å². The number of hydrogen-bond acceptors (Lipinski definition) is 3. The summed E-state index contributed by atoms with van der Waals surface area (Å²) in [6.45, 7) is 5.01. The van der Waals surface area contributed by atoms with Crippen LogP contribution in [0.15, 0.2) is 42.5 Å². The number of aromatic nitrogens is 3. The SMILES string of the molecule is CC12CCC(O)CC1=CCC1C2CCC2(C)C(c3cnc4ccncn34)=CCC12. The molecule has 4 aliphatic carbocycles. The van der Waals surface area contributed by atoms with Gasteiger partial charge in [0.25, 0.3) is 0 Å². The first-order valence-corrected chi connectivity index (χ1v) is 11.4. The first kappa shape index (κ1) is 17.9. The zero-order valence-corrected chi connectivity index (χ0v) is 17.5. The topological polar surface area (TPSA) is 50.4 Å². The zero-order chi connectivity index (χ0) is 19.8. The van der Waals surface area contributed by atoms with E-state index >= 15 is 0 Å². The summed E-state index contributed by atoms with van der Waals surface area (Å²) in [5.41, 5.74) is 5.79. The van der Waals surface area contributed by atoms with Gasteiger partial charge in [0.1, 0.15) is 12.0 Å². The van der Waals surface area contributed by atoms with Crippen LogP contribution in [-0.2, 0) is 0 Å². The Morgan fingerprint density at radius 1 is 1.07 bits per heavy atom. The lowest BCUT2D eigenvalue weighted by molar-refractivity contribution is -0.0238. The van der Waals surface area contributed by atoms with Crippen molar-refractivity contribution in [2.24, 2.45) is 28.6 Å². The third-order valence-corrected chi connectivity index (χ3v) is 9.25. The number of aliphatic hydroxyl groups is 1. The molecule has 0 aliphatic heterocycles. The molecular weight excluding hydrogens is 358 g/mol. The molecule has 2 fully saturated rings. The van der Waals surface area contributed by atoms with Crippen LogP contribution in [0.5, 0.6) is 0 Å². The lowest BCUT2D eigenvalue weighted by Crippen LogP contribution is -2.49. The number of rotatable bonds is 1. The minimum atomic E-state index is -0.122. The predicted octanol–water partition coefficient (Wildman–Crippen LogP) is 5.05. The highest BCUT2D eigenvalue weighted by molar-refractivity contribution is 5.72. The molecule has 2 saturated carbocycles. The van der Waals surface area contributed by atoms with E-state index in [4.69, 9.17) is 0 Å². The van der Waals surface area contributed by atoms with Gasteiger partial charge in [-0.15, -0.1) is 0 Å². The molecule has 4 nitrogen and oxygen atoms in total. The predicted molar refractivity (Wildman–Crippen MR) is 114 cm³/mol. The van der Waals surface area contributed by atoms with Gasteiger partial charge in [-0.25, -0.2) is 9.97 Å². The Hall–Kier alpha value is -1.94. The minimum absolute atomic E-state index is 0.122. The average molecular weight is 390 g/mol. The van der Waals surface area contributed by atoms with Gasteiger partial charge in [0.05, 0.1) is 18.0 Å². The maximum absolute atomic E-state index is 10.2. The number of aliphatic hydroxyl groups excluding tert-OH is 1. The molecule has 6 unspecified atom stereocenters. The van der Waals surface area contributed by atoms with Gasteiger partial charge in [0, 0.05) is 6.20 Å². The molecule has 2 aromatic heterocycles. The van der Waals surface area contributed by atoms with Crippen LogP contribution in [-0.4, -0.2) is 25.6 Å². The van der Waals surface area contributed by atoms with Gasteiger partial charge in [-0.1, -0.05) is 31.6 Å². The molecule has 0 aromatic carbocycles. The summed E-state index contributed by atoms with van der Waals surface area (Å²) in [6.07, 6.45) is 18.6. The van der Waals surface area contributed by atoms with Crippen molar-refractivity contribution >= 4 is 11.2 Å². The molecule has 6 rings (SSSR count). The maximum atomic E-state index is 10.2. The Morgan fingerprint density at radius 3 is 2.83 bits per heavy atom. The molecular formula is C25H31N3O. The largest absolute Gasteiger partial charge is 0.393 e. The van der Waals surface area contributed by atoms with E-state index in [9.17, 15) is 5.11 Å². The molecule has 0 saturated heterocycles. The second kappa shape index (κ2) is 6.04. The summed E-state index contributed by atoms with van der Waals surface area (Å²) in [5.74, 6) is 2.23. The van der Waals surface area contributed by atoms with E-state index in [1.807, 2.05) is 24.8 Å². The molecule has 0 amide bonds. The van der Waals surface area contributed by atoms with Gasteiger partial charge >= 0.3 is 0 Å². The number of fused-ring (bicyclic) bond motifs is 6. The number of nitrogens with zero attached hydrogens (tertiary/aromatic N) is 3. The van der Waals surface area contributed by atoms with Crippen LogP contribution >= 0.6 is 0 Å². The molecule has 0 radical (unpaired) electrons. The van der Waals surface area contributed by atoms with E-state index in [0.29, 0.717) is 11.3 Å². The van der Waals surface area contributed by atoms with Crippen LogP contribution in [0.4, 0.5) is 0 Å². The van der Waals surface area contributed by atoms with Crippen molar-refractivity contribution in [1.82, 2.24) is 14.4 Å². The summed E-state index contributed by atoms with van der Waals surface area (Å²) in [5, 5.41) is 10.2. The number of hydrogen-bond donors (Lipinski definition) is 1. The quantitative estimate of drug-likeness (QED) is 0.695. The van der Waals surface area contributed by atoms with Crippen LogP contribution in [0.1, 0.15) is 64.5 Å². The van der Waals surface area contributed by atoms with Gasteiger partial charge < -0.3 is 5.11 Å². The van der Waals surface area contributed by atoms with E-state index in [0.717, 1.165) is 36.7 Å². The second-order valence-corrected chi connectivity index (χ2v) is 10.4. The normalized spacial score (nSPS) is 41.3. The fourth-order valence-corrected chi connectivity index (χ4v) is 7.64. The van der Waals surface area contributed by atoms with Crippen molar-refractivity contribution in [2.45, 2.75) is 64.9 Å². The monoisotopic (exact) mass is 389 g/mol. The lowest BCUT2D eigenvalue weighted by Gasteiger charge is -2.57. The van der Waals surface area contributed by atoms with Crippen LogP contribution in [0.2, 0.25) is 0 Å². The summed E-state index contributed by atoms with van der Waals surface area (Å²) in [7, 11) is 0. The second-order valence-electron chi connectivity index (χ2n) is 10.4. The van der Waals surface area contributed by atoms with Crippen molar-refractivity contribution in [2.75, 3.05) is 0 Å². The molecule has 4 aliphatic rings. The summed E-state index contributed by atoms with van der Waals surface area (Å²) >= 11 is 0. The third kappa shape index (κ3) is 2.35. The highest BCUT2D eigenvalue weighted by Crippen LogP contribution is 2.66. The molecule has 0 bridgehead atoms. The highest BCUT2D eigenvalue weighted by atomic mass is 16.3. The van der Waals surface area contributed by atoms with Gasteiger partial charge in [0.15, 0.2) is 0 Å². The van der Waals surface area contributed by atoms with Gasteiger partial charge in [0.2, 0.25) is 0 Å². The molecule has 2 heterocycles. The van der Waals surface area contributed by atoms with Crippen LogP contribution < -0.4 is 0 Å². The Kier molecular flexibility index (Phi) is 3.72. The van der Waals surface area contributed by atoms with Crippen molar-refractivity contribution < 1.29 is 5.11 Å². The van der Waals surface area contributed by atoms with E-state index < -0.39 is 0 Å². The molecule has 0 spiro atoms. The van der Waals surface area contributed by atoms with Gasteiger partial charge in [-0.3, -0.25) is 4.40 Å². The van der Waals surface area contributed by atoms with E-state index in [1.54, 1.807) is 5.57 Å². The summed E-state index contributed by atoms with van der Waals surface area (Å²) < 4.78 is 2.16. The van der Waals surface area contributed by atoms with Crippen molar-refractivity contribution in [1.29, 1.82) is 0 Å².